The number of hydrogen-bond donors (Lipinski definition) is 0. The number of carbonyl (C=O) groups excluding carboxylic acids is 2. The summed E-state index contributed by atoms with van der Waals surface area (Å²) in [6.07, 6.45) is 5.57. The van der Waals surface area contributed by atoms with Gasteiger partial charge in [-0.05, 0) is 92.3 Å². The van der Waals surface area contributed by atoms with Gasteiger partial charge in [0.1, 0.15) is 11.5 Å². The molecule has 0 saturated carbocycles. The Morgan fingerprint density at radius 2 is 1.71 bits per heavy atom. The molecule has 1 aliphatic carbocycles. The number of ether oxygens (including phenoxy) is 2. The van der Waals surface area contributed by atoms with E-state index in [1.807, 2.05) is 48.2 Å². The zero-order valence-electron chi connectivity index (χ0n) is 20.9. The first-order valence-electron chi connectivity index (χ1n) is 13.0. The Morgan fingerprint density at radius 3 is 2.40 bits per heavy atom. The standard InChI is InChI=1S/C29H36N2O4/c1-3-35-24-11-9-22(10-12-24)27(32)30-16-13-29(14-17-30)15-18-31(20-29)28(33)23-8-7-21-5-4-6-26(34-2)25(21)19-23/h4-6,9-12,23H,3,7-8,13-20H2,1-2H3. The quantitative estimate of drug-likeness (QED) is 0.644. The van der Waals surface area contributed by atoms with Crippen molar-refractivity contribution in [2.45, 2.75) is 45.4 Å². The Labute approximate surface area is 208 Å². The molecule has 0 N–H and O–H groups in total. The fraction of sp³-hybridized carbons (Fsp3) is 0.517. The Balaban J connectivity index is 1.17. The number of amides is 2. The van der Waals surface area contributed by atoms with Gasteiger partial charge in [-0.3, -0.25) is 9.59 Å². The molecule has 2 aromatic carbocycles. The van der Waals surface area contributed by atoms with Crippen molar-refractivity contribution in [2.24, 2.45) is 11.3 Å². The van der Waals surface area contributed by atoms with Crippen molar-refractivity contribution in [1.82, 2.24) is 9.80 Å². The largest absolute Gasteiger partial charge is 0.496 e. The molecule has 1 unspecified atom stereocenters. The van der Waals surface area contributed by atoms with Crippen molar-refractivity contribution in [3.05, 3.63) is 59.2 Å². The van der Waals surface area contributed by atoms with Gasteiger partial charge in [0.05, 0.1) is 13.7 Å². The van der Waals surface area contributed by atoms with Crippen LogP contribution in [0.4, 0.5) is 0 Å². The molecule has 1 spiro atoms. The maximum atomic E-state index is 13.5. The summed E-state index contributed by atoms with van der Waals surface area (Å²) in [6, 6.07) is 13.6. The molecule has 6 nitrogen and oxygen atoms in total. The van der Waals surface area contributed by atoms with Crippen molar-refractivity contribution in [3.63, 3.8) is 0 Å². The van der Waals surface area contributed by atoms with E-state index in [1.54, 1.807) is 7.11 Å². The summed E-state index contributed by atoms with van der Waals surface area (Å²) >= 11 is 0. The normalized spacial score (nSPS) is 21.0. The summed E-state index contributed by atoms with van der Waals surface area (Å²) in [5.74, 6) is 2.12. The van der Waals surface area contributed by atoms with E-state index >= 15 is 0 Å². The fourth-order valence-electron chi connectivity index (χ4n) is 6.17. The second kappa shape index (κ2) is 9.92. The first-order chi connectivity index (χ1) is 17.0. The van der Waals surface area contributed by atoms with Crippen molar-refractivity contribution in [2.75, 3.05) is 39.9 Å². The van der Waals surface area contributed by atoms with Crippen LogP contribution in [0.2, 0.25) is 0 Å². The van der Waals surface area contributed by atoms with Gasteiger partial charge in [-0.2, -0.15) is 0 Å². The molecular formula is C29H36N2O4. The van der Waals surface area contributed by atoms with E-state index in [1.165, 1.54) is 11.1 Å². The van der Waals surface area contributed by atoms with E-state index in [0.717, 1.165) is 76.2 Å². The van der Waals surface area contributed by atoms with Crippen LogP contribution in [0.5, 0.6) is 11.5 Å². The van der Waals surface area contributed by atoms with Crippen molar-refractivity contribution in [3.8, 4) is 11.5 Å². The number of carbonyl (C=O) groups is 2. The Bertz CT molecular complexity index is 1060. The Morgan fingerprint density at radius 1 is 1.00 bits per heavy atom. The predicted octanol–water partition coefficient (Wildman–Crippen LogP) is 4.35. The highest BCUT2D eigenvalue weighted by molar-refractivity contribution is 5.94. The van der Waals surface area contributed by atoms with Crippen molar-refractivity contribution < 1.29 is 19.1 Å². The molecule has 5 rings (SSSR count). The lowest BCUT2D eigenvalue weighted by molar-refractivity contribution is -0.135. The van der Waals surface area contributed by atoms with Crippen LogP contribution in [0.15, 0.2) is 42.5 Å². The highest BCUT2D eigenvalue weighted by Crippen LogP contribution is 2.42. The van der Waals surface area contributed by atoms with Gasteiger partial charge in [0.15, 0.2) is 0 Å². The van der Waals surface area contributed by atoms with E-state index in [-0.39, 0.29) is 17.2 Å². The summed E-state index contributed by atoms with van der Waals surface area (Å²) < 4.78 is 11.1. The molecule has 186 valence electrons. The maximum Gasteiger partial charge on any atom is 0.253 e. The average molecular weight is 477 g/mol. The highest BCUT2D eigenvalue weighted by Gasteiger charge is 2.44. The highest BCUT2D eigenvalue weighted by atomic mass is 16.5. The molecular weight excluding hydrogens is 440 g/mol. The van der Waals surface area contributed by atoms with Gasteiger partial charge in [-0.15, -0.1) is 0 Å². The molecule has 0 aromatic heterocycles. The van der Waals surface area contributed by atoms with Gasteiger partial charge in [0.2, 0.25) is 5.91 Å². The number of likely N-dealkylation sites (tertiary alicyclic amines) is 2. The van der Waals surface area contributed by atoms with E-state index in [0.29, 0.717) is 18.1 Å². The number of aryl methyl sites for hydroxylation is 1. The number of hydrogen-bond acceptors (Lipinski definition) is 4. The number of fused-ring (bicyclic) bond motifs is 1. The molecule has 2 amide bonds. The molecule has 3 aliphatic rings. The number of rotatable bonds is 5. The van der Waals surface area contributed by atoms with Gasteiger partial charge < -0.3 is 19.3 Å². The first-order valence-corrected chi connectivity index (χ1v) is 13.0. The van der Waals surface area contributed by atoms with Crippen LogP contribution in [-0.2, 0) is 17.6 Å². The van der Waals surface area contributed by atoms with Crippen LogP contribution in [0.1, 0.15) is 54.1 Å². The molecule has 0 bridgehead atoms. The number of benzene rings is 2. The lowest BCUT2D eigenvalue weighted by Gasteiger charge is -2.39. The van der Waals surface area contributed by atoms with Gasteiger partial charge >= 0.3 is 0 Å². The smallest absolute Gasteiger partial charge is 0.253 e. The molecule has 2 fully saturated rings. The zero-order valence-corrected chi connectivity index (χ0v) is 20.9. The molecule has 1 atom stereocenters. The van der Waals surface area contributed by atoms with Crippen molar-refractivity contribution >= 4 is 11.8 Å². The van der Waals surface area contributed by atoms with Crippen LogP contribution in [0, 0.1) is 11.3 Å². The summed E-state index contributed by atoms with van der Waals surface area (Å²) in [5.41, 5.74) is 3.38. The van der Waals surface area contributed by atoms with Crippen LogP contribution >= 0.6 is 0 Å². The molecule has 35 heavy (non-hydrogen) atoms. The SMILES string of the molecule is CCOc1ccc(C(=O)N2CCC3(CC2)CCN(C(=O)C2CCc4cccc(OC)c4C2)C3)cc1. The second-order valence-corrected chi connectivity index (χ2v) is 10.3. The number of methoxy groups -OCH3 is 1. The van der Waals surface area contributed by atoms with Gasteiger partial charge in [0, 0.05) is 37.7 Å². The Kier molecular flexibility index (Phi) is 6.72. The number of nitrogens with zero attached hydrogens (tertiary/aromatic N) is 2. The Hall–Kier alpha value is -3.02. The molecule has 2 aliphatic heterocycles. The van der Waals surface area contributed by atoms with Gasteiger partial charge in [-0.25, -0.2) is 0 Å². The first kappa shape index (κ1) is 23.7. The monoisotopic (exact) mass is 476 g/mol. The van der Waals surface area contributed by atoms with E-state index in [9.17, 15) is 9.59 Å². The summed E-state index contributed by atoms with van der Waals surface area (Å²) in [4.78, 5) is 30.6. The van der Waals surface area contributed by atoms with Gasteiger partial charge in [-0.1, -0.05) is 12.1 Å². The molecule has 2 heterocycles. The summed E-state index contributed by atoms with van der Waals surface area (Å²) in [6.45, 7) is 5.73. The topological polar surface area (TPSA) is 59.1 Å². The fourth-order valence-corrected chi connectivity index (χ4v) is 6.17. The predicted molar refractivity (Wildman–Crippen MR) is 135 cm³/mol. The van der Waals surface area contributed by atoms with Crippen LogP contribution in [0.25, 0.3) is 0 Å². The summed E-state index contributed by atoms with van der Waals surface area (Å²) in [7, 11) is 1.71. The molecule has 2 aromatic rings. The minimum absolute atomic E-state index is 0.0373. The molecule has 0 radical (unpaired) electrons. The minimum Gasteiger partial charge on any atom is -0.496 e. The van der Waals surface area contributed by atoms with Crippen LogP contribution < -0.4 is 9.47 Å². The molecule has 2 saturated heterocycles. The molecule has 6 heteroatoms. The van der Waals surface area contributed by atoms with E-state index < -0.39 is 0 Å². The minimum atomic E-state index is 0.0373. The van der Waals surface area contributed by atoms with Crippen LogP contribution in [-0.4, -0.2) is 61.5 Å². The lowest BCUT2D eigenvalue weighted by Crippen LogP contribution is -2.45. The van der Waals surface area contributed by atoms with E-state index in [4.69, 9.17) is 9.47 Å². The maximum absolute atomic E-state index is 13.5. The number of piperidine rings is 1. The third-order valence-corrected chi connectivity index (χ3v) is 8.29. The van der Waals surface area contributed by atoms with E-state index in [2.05, 4.69) is 11.0 Å². The third-order valence-electron chi connectivity index (χ3n) is 8.29. The van der Waals surface area contributed by atoms with Crippen LogP contribution in [0.3, 0.4) is 0 Å². The lowest BCUT2D eigenvalue weighted by atomic mass is 9.77. The second-order valence-electron chi connectivity index (χ2n) is 10.3. The summed E-state index contributed by atoms with van der Waals surface area (Å²) in [5, 5.41) is 0. The average Bonchev–Trinajstić information content (AvgIpc) is 3.31. The van der Waals surface area contributed by atoms with Crippen molar-refractivity contribution in [1.29, 1.82) is 0 Å². The zero-order chi connectivity index (χ0) is 24.4. The van der Waals surface area contributed by atoms with Gasteiger partial charge in [0.25, 0.3) is 5.91 Å². The third kappa shape index (κ3) is 4.75.